The van der Waals surface area contributed by atoms with Crippen LogP contribution in [-0.4, -0.2) is 32.9 Å². The van der Waals surface area contributed by atoms with Crippen LogP contribution in [0, 0.1) is 6.92 Å². The van der Waals surface area contributed by atoms with E-state index in [9.17, 15) is 18.0 Å². The van der Waals surface area contributed by atoms with Gasteiger partial charge >= 0.3 is 0 Å². The van der Waals surface area contributed by atoms with E-state index in [4.69, 9.17) is 11.6 Å². The molecule has 0 aromatic heterocycles. The largest absolute Gasteiger partial charge is 0.324 e. The summed E-state index contributed by atoms with van der Waals surface area (Å²) in [5, 5.41) is 3.05. The topological polar surface area (TPSA) is 83.6 Å². The summed E-state index contributed by atoms with van der Waals surface area (Å²) in [4.78, 5) is 27.4. The summed E-state index contributed by atoms with van der Waals surface area (Å²) in [6.45, 7) is 1.39. The van der Waals surface area contributed by atoms with Gasteiger partial charge < -0.3 is 5.32 Å². The second-order valence-electron chi connectivity index (χ2n) is 8.46. The molecular formula is C29H25ClN2O4S2. The number of rotatable bonds is 9. The molecule has 0 atom stereocenters. The zero-order valence-electron chi connectivity index (χ0n) is 20.7. The molecule has 6 nitrogen and oxygen atoms in total. The standard InChI is InChI=1S/C29H25ClN2O4S2/c1-20-8-11-23(12-9-20)32(38(35,36)25-15-13-24(37-2)14-16-25)19-28(33)31-27-17-10-22(30)18-26(27)29(34)21-6-4-3-5-7-21/h3-18H,19H2,1-2H3,(H,31,33). The average Bonchev–Trinajstić information content (AvgIpc) is 2.93. The van der Waals surface area contributed by atoms with Crippen LogP contribution in [0.2, 0.25) is 5.02 Å². The van der Waals surface area contributed by atoms with E-state index in [1.807, 2.05) is 13.2 Å². The summed E-state index contributed by atoms with van der Waals surface area (Å²) in [6.07, 6.45) is 1.90. The molecule has 0 spiro atoms. The Morgan fingerprint density at radius 2 is 1.55 bits per heavy atom. The van der Waals surface area contributed by atoms with Gasteiger partial charge in [-0.1, -0.05) is 59.6 Å². The van der Waals surface area contributed by atoms with Gasteiger partial charge in [-0.05, 0) is 67.8 Å². The van der Waals surface area contributed by atoms with Crippen LogP contribution in [0.25, 0.3) is 0 Å². The number of halogens is 1. The monoisotopic (exact) mass is 564 g/mol. The molecule has 0 aliphatic heterocycles. The molecule has 0 heterocycles. The van der Waals surface area contributed by atoms with Crippen molar-refractivity contribution in [3.63, 3.8) is 0 Å². The normalized spacial score (nSPS) is 11.1. The van der Waals surface area contributed by atoms with Crippen LogP contribution in [0.4, 0.5) is 11.4 Å². The van der Waals surface area contributed by atoms with Crippen molar-refractivity contribution in [3.8, 4) is 0 Å². The van der Waals surface area contributed by atoms with Crippen molar-refractivity contribution in [1.29, 1.82) is 0 Å². The number of aryl methyl sites for hydroxylation is 1. The molecular weight excluding hydrogens is 540 g/mol. The number of nitrogens with zero attached hydrogens (tertiary/aromatic N) is 1. The van der Waals surface area contributed by atoms with Crippen LogP contribution in [-0.2, 0) is 14.8 Å². The van der Waals surface area contributed by atoms with E-state index in [1.54, 1.807) is 72.8 Å². The Hall–Kier alpha value is -3.59. The Morgan fingerprint density at radius 1 is 0.895 bits per heavy atom. The van der Waals surface area contributed by atoms with Gasteiger partial charge in [0.1, 0.15) is 6.54 Å². The third-order valence-electron chi connectivity index (χ3n) is 5.79. The molecule has 0 saturated carbocycles. The minimum absolute atomic E-state index is 0.0649. The average molecular weight is 565 g/mol. The van der Waals surface area contributed by atoms with Gasteiger partial charge in [0.05, 0.1) is 16.3 Å². The molecule has 0 aliphatic carbocycles. The highest BCUT2D eigenvalue weighted by Gasteiger charge is 2.28. The van der Waals surface area contributed by atoms with Gasteiger partial charge in [0.2, 0.25) is 5.91 Å². The molecule has 0 saturated heterocycles. The van der Waals surface area contributed by atoms with E-state index < -0.39 is 22.5 Å². The van der Waals surface area contributed by atoms with Gasteiger partial charge in [-0.25, -0.2) is 8.42 Å². The Bertz CT molecular complexity index is 1560. The molecule has 0 aliphatic rings. The van der Waals surface area contributed by atoms with Crippen LogP contribution in [0.15, 0.2) is 107 Å². The number of ketones is 1. The number of nitrogens with one attached hydrogen (secondary N) is 1. The third-order valence-corrected chi connectivity index (χ3v) is 8.56. The van der Waals surface area contributed by atoms with Gasteiger partial charge in [-0.3, -0.25) is 13.9 Å². The van der Waals surface area contributed by atoms with E-state index >= 15 is 0 Å². The zero-order valence-corrected chi connectivity index (χ0v) is 23.1. The highest BCUT2D eigenvalue weighted by Crippen LogP contribution is 2.27. The second kappa shape index (κ2) is 11.9. The minimum Gasteiger partial charge on any atom is -0.324 e. The first-order valence-corrected chi connectivity index (χ1v) is 14.7. The maximum absolute atomic E-state index is 13.7. The number of carbonyl (C=O) groups is 2. The highest BCUT2D eigenvalue weighted by molar-refractivity contribution is 7.98. The number of hydrogen-bond donors (Lipinski definition) is 1. The van der Waals surface area contributed by atoms with Crippen molar-refractivity contribution >= 4 is 56.5 Å². The van der Waals surface area contributed by atoms with Crippen LogP contribution >= 0.6 is 23.4 Å². The lowest BCUT2D eigenvalue weighted by Gasteiger charge is -2.24. The molecule has 1 N–H and O–H groups in total. The summed E-state index contributed by atoms with van der Waals surface area (Å²) >= 11 is 7.66. The Morgan fingerprint density at radius 3 is 2.18 bits per heavy atom. The SMILES string of the molecule is CSc1ccc(S(=O)(=O)N(CC(=O)Nc2ccc(Cl)cc2C(=O)c2ccccc2)c2ccc(C)cc2)cc1. The summed E-state index contributed by atoms with van der Waals surface area (Å²) in [5.41, 5.74) is 2.16. The maximum Gasteiger partial charge on any atom is 0.264 e. The predicted octanol–water partition coefficient (Wildman–Crippen LogP) is 6.44. The summed E-state index contributed by atoms with van der Waals surface area (Å²) in [7, 11) is -4.08. The fraction of sp³-hybridized carbons (Fsp3) is 0.103. The van der Waals surface area contributed by atoms with Gasteiger partial charge in [0.15, 0.2) is 5.78 Å². The lowest BCUT2D eigenvalue weighted by atomic mass is 10.0. The highest BCUT2D eigenvalue weighted by atomic mass is 35.5. The van der Waals surface area contributed by atoms with Gasteiger partial charge in [-0.15, -0.1) is 11.8 Å². The summed E-state index contributed by atoms with van der Waals surface area (Å²) in [6, 6.07) is 26.6. The number of thioether (sulfide) groups is 1. The molecule has 194 valence electrons. The Balaban J connectivity index is 1.66. The number of benzene rings is 4. The molecule has 0 fully saturated rings. The number of sulfonamides is 1. The van der Waals surface area contributed by atoms with E-state index in [2.05, 4.69) is 5.32 Å². The molecule has 0 unspecified atom stereocenters. The molecule has 9 heteroatoms. The summed E-state index contributed by atoms with van der Waals surface area (Å²) < 4.78 is 28.4. The number of anilines is 2. The van der Waals surface area contributed by atoms with Crippen LogP contribution in [0.1, 0.15) is 21.5 Å². The molecule has 4 aromatic carbocycles. The Kier molecular flexibility index (Phi) is 8.56. The molecule has 38 heavy (non-hydrogen) atoms. The molecule has 0 radical (unpaired) electrons. The van der Waals surface area contributed by atoms with Crippen LogP contribution in [0.5, 0.6) is 0 Å². The number of amides is 1. The first-order chi connectivity index (χ1) is 18.2. The van der Waals surface area contributed by atoms with Crippen molar-refractivity contribution in [1.82, 2.24) is 0 Å². The van der Waals surface area contributed by atoms with Crippen molar-refractivity contribution in [3.05, 3.63) is 119 Å². The van der Waals surface area contributed by atoms with Gasteiger partial charge in [0, 0.05) is 21.0 Å². The van der Waals surface area contributed by atoms with Crippen LogP contribution in [0.3, 0.4) is 0 Å². The third kappa shape index (κ3) is 6.27. The van der Waals surface area contributed by atoms with Crippen molar-refractivity contribution in [2.75, 3.05) is 22.4 Å². The zero-order chi connectivity index (χ0) is 27.3. The molecule has 1 amide bonds. The Labute approximate surface area is 231 Å². The quantitative estimate of drug-likeness (QED) is 0.187. The molecule has 4 aromatic rings. The number of carbonyl (C=O) groups excluding carboxylic acids is 2. The van der Waals surface area contributed by atoms with E-state index in [1.165, 1.54) is 36.0 Å². The second-order valence-corrected chi connectivity index (χ2v) is 11.6. The van der Waals surface area contributed by atoms with Crippen molar-refractivity contribution < 1.29 is 18.0 Å². The van der Waals surface area contributed by atoms with E-state index in [0.717, 1.165) is 14.8 Å². The fourth-order valence-corrected chi connectivity index (χ4v) is 5.78. The van der Waals surface area contributed by atoms with Gasteiger partial charge in [-0.2, -0.15) is 0 Å². The predicted molar refractivity (Wildman–Crippen MR) is 154 cm³/mol. The van der Waals surface area contributed by atoms with Crippen molar-refractivity contribution in [2.24, 2.45) is 0 Å². The van der Waals surface area contributed by atoms with E-state index in [0.29, 0.717) is 16.3 Å². The number of hydrogen-bond acceptors (Lipinski definition) is 5. The van der Waals surface area contributed by atoms with Crippen LogP contribution < -0.4 is 9.62 Å². The molecule has 0 bridgehead atoms. The van der Waals surface area contributed by atoms with Crippen molar-refractivity contribution in [2.45, 2.75) is 16.7 Å². The molecule has 4 rings (SSSR count). The van der Waals surface area contributed by atoms with E-state index in [-0.39, 0.29) is 21.9 Å². The first-order valence-electron chi connectivity index (χ1n) is 11.6. The maximum atomic E-state index is 13.7. The fourth-order valence-electron chi connectivity index (χ4n) is 3.78. The minimum atomic E-state index is -4.08. The lowest BCUT2D eigenvalue weighted by molar-refractivity contribution is -0.114. The summed E-state index contributed by atoms with van der Waals surface area (Å²) in [5.74, 6) is -0.931. The van der Waals surface area contributed by atoms with Gasteiger partial charge in [0.25, 0.3) is 10.0 Å². The smallest absolute Gasteiger partial charge is 0.264 e. The first kappa shape index (κ1) is 27.4. The lowest BCUT2D eigenvalue weighted by Crippen LogP contribution is -2.38.